The van der Waals surface area contributed by atoms with E-state index in [1.165, 1.54) is 11.3 Å². The zero-order chi connectivity index (χ0) is 21.8. The van der Waals surface area contributed by atoms with Crippen molar-refractivity contribution in [3.8, 4) is 0 Å². The molecule has 162 valence electrons. The predicted molar refractivity (Wildman–Crippen MR) is 117 cm³/mol. The SMILES string of the molecule is Cc1nc(CC(=O)N2CCOC(c3cc(C(=O)NCCO)c4ccccc4n3)C2)cs1. The Morgan fingerprint density at radius 3 is 2.94 bits per heavy atom. The number of nitrogens with one attached hydrogen (secondary N) is 1. The average molecular weight is 441 g/mol. The molecule has 0 aliphatic carbocycles. The number of nitrogens with zero attached hydrogens (tertiary/aromatic N) is 3. The van der Waals surface area contributed by atoms with Gasteiger partial charge in [0.1, 0.15) is 6.10 Å². The number of aliphatic hydroxyl groups excluding tert-OH is 1. The number of amides is 2. The van der Waals surface area contributed by atoms with Crippen LogP contribution in [0, 0.1) is 6.92 Å². The van der Waals surface area contributed by atoms with Gasteiger partial charge >= 0.3 is 0 Å². The monoisotopic (exact) mass is 440 g/mol. The number of fused-ring (bicyclic) bond motifs is 1. The van der Waals surface area contributed by atoms with Crippen molar-refractivity contribution >= 4 is 34.1 Å². The van der Waals surface area contributed by atoms with Crippen LogP contribution in [0.1, 0.15) is 32.9 Å². The topological polar surface area (TPSA) is 105 Å². The molecule has 3 aromatic rings. The molecule has 1 aliphatic rings. The number of ether oxygens (including phenoxy) is 1. The largest absolute Gasteiger partial charge is 0.395 e. The summed E-state index contributed by atoms with van der Waals surface area (Å²) in [5.41, 5.74) is 2.54. The van der Waals surface area contributed by atoms with Crippen molar-refractivity contribution in [2.24, 2.45) is 0 Å². The number of carbonyl (C=O) groups is 2. The summed E-state index contributed by atoms with van der Waals surface area (Å²) in [6.07, 6.45) is -0.166. The molecule has 31 heavy (non-hydrogen) atoms. The Morgan fingerprint density at radius 1 is 1.32 bits per heavy atom. The normalized spacial score (nSPS) is 16.5. The van der Waals surface area contributed by atoms with Crippen molar-refractivity contribution in [2.75, 3.05) is 32.8 Å². The fraction of sp³-hybridized carbons (Fsp3) is 0.364. The molecule has 1 aliphatic heterocycles. The van der Waals surface area contributed by atoms with E-state index in [1.54, 1.807) is 11.0 Å². The van der Waals surface area contributed by atoms with Gasteiger partial charge in [-0.1, -0.05) is 18.2 Å². The summed E-state index contributed by atoms with van der Waals surface area (Å²) >= 11 is 1.53. The highest BCUT2D eigenvalue weighted by atomic mass is 32.1. The summed E-state index contributed by atoms with van der Waals surface area (Å²) in [5, 5.41) is 15.3. The van der Waals surface area contributed by atoms with Crippen LogP contribution < -0.4 is 5.32 Å². The first-order valence-corrected chi connectivity index (χ1v) is 11.0. The first kappa shape index (κ1) is 21.4. The quantitative estimate of drug-likeness (QED) is 0.606. The predicted octanol–water partition coefficient (Wildman–Crippen LogP) is 1.86. The second-order valence-corrected chi connectivity index (χ2v) is 8.39. The van der Waals surface area contributed by atoms with E-state index in [0.717, 1.165) is 16.1 Å². The average Bonchev–Trinajstić information content (AvgIpc) is 3.21. The Balaban J connectivity index is 1.57. The summed E-state index contributed by atoms with van der Waals surface area (Å²) in [5.74, 6) is -0.281. The molecule has 2 amide bonds. The van der Waals surface area contributed by atoms with Crippen LogP contribution in [0.5, 0.6) is 0 Å². The number of hydrogen-bond acceptors (Lipinski definition) is 7. The van der Waals surface area contributed by atoms with E-state index in [9.17, 15) is 9.59 Å². The first-order chi connectivity index (χ1) is 15.0. The molecule has 1 unspecified atom stereocenters. The van der Waals surface area contributed by atoms with Crippen molar-refractivity contribution < 1.29 is 19.4 Å². The molecular formula is C22H24N4O4S. The van der Waals surface area contributed by atoms with Crippen LogP contribution in [0.4, 0.5) is 0 Å². The lowest BCUT2D eigenvalue weighted by Crippen LogP contribution is -2.43. The highest BCUT2D eigenvalue weighted by Crippen LogP contribution is 2.26. The Morgan fingerprint density at radius 2 is 2.16 bits per heavy atom. The zero-order valence-electron chi connectivity index (χ0n) is 17.2. The van der Waals surface area contributed by atoms with Crippen molar-refractivity contribution in [1.82, 2.24) is 20.2 Å². The molecule has 2 aromatic heterocycles. The van der Waals surface area contributed by atoms with Gasteiger partial charge in [-0.25, -0.2) is 9.97 Å². The molecule has 9 heteroatoms. The molecule has 0 bridgehead atoms. The van der Waals surface area contributed by atoms with Gasteiger partial charge in [0.05, 0.1) is 53.7 Å². The van der Waals surface area contributed by atoms with Crippen molar-refractivity contribution in [2.45, 2.75) is 19.4 Å². The third kappa shape index (κ3) is 4.90. The minimum atomic E-state index is -0.427. The first-order valence-electron chi connectivity index (χ1n) is 10.1. The van der Waals surface area contributed by atoms with Gasteiger partial charge in [-0.2, -0.15) is 0 Å². The molecule has 0 spiro atoms. The Kier molecular flexibility index (Phi) is 6.55. The molecular weight excluding hydrogens is 416 g/mol. The number of morpholine rings is 1. The molecule has 1 aromatic carbocycles. The molecule has 3 heterocycles. The van der Waals surface area contributed by atoms with Crippen LogP contribution in [0.15, 0.2) is 35.7 Å². The Hall–Kier alpha value is -2.88. The number of carbonyl (C=O) groups excluding carboxylic acids is 2. The minimum Gasteiger partial charge on any atom is -0.395 e. The van der Waals surface area contributed by atoms with E-state index in [-0.39, 0.29) is 31.4 Å². The van der Waals surface area contributed by atoms with Crippen LogP contribution in [0.2, 0.25) is 0 Å². The smallest absolute Gasteiger partial charge is 0.252 e. The van der Waals surface area contributed by atoms with Gasteiger partial charge in [0.25, 0.3) is 5.91 Å². The molecule has 4 rings (SSSR count). The van der Waals surface area contributed by atoms with Gasteiger partial charge in [-0.3, -0.25) is 9.59 Å². The maximum atomic E-state index is 12.8. The zero-order valence-corrected chi connectivity index (χ0v) is 18.0. The summed E-state index contributed by atoms with van der Waals surface area (Å²) in [6, 6.07) is 9.12. The summed E-state index contributed by atoms with van der Waals surface area (Å²) < 4.78 is 5.92. The number of pyridine rings is 1. The standard InChI is InChI=1S/C22H24N4O4S/c1-14-24-15(13-31-14)10-21(28)26-7-9-30-20(12-26)19-11-17(22(29)23-6-8-27)16-4-2-3-5-18(16)25-19/h2-5,11,13,20,27H,6-10,12H2,1H3,(H,23,29). The highest BCUT2D eigenvalue weighted by Gasteiger charge is 2.28. The molecule has 2 N–H and O–H groups in total. The van der Waals surface area contributed by atoms with E-state index < -0.39 is 6.10 Å². The number of rotatable bonds is 6. The summed E-state index contributed by atoms with van der Waals surface area (Å²) in [4.78, 5) is 36.3. The number of thiazole rings is 1. The van der Waals surface area contributed by atoms with Crippen molar-refractivity contribution in [3.05, 3.63) is 57.7 Å². The Bertz CT molecular complexity index is 1100. The van der Waals surface area contributed by atoms with Gasteiger partial charge in [0.15, 0.2) is 0 Å². The highest BCUT2D eigenvalue weighted by molar-refractivity contribution is 7.09. The van der Waals surface area contributed by atoms with Crippen LogP contribution in [0.25, 0.3) is 10.9 Å². The third-order valence-corrected chi connectivity index (χ3v) is 5.95. The van der Waals surface area contributed by atoms with Crippen LogP contribution >= 0.6 is 11.3 Å². The second kappa shape index (κ2) is 9.51. The number of hydrogen-bond donors (Lipinski definition) is 2. The number of benzene rings is 1. The fourth-order valence-corrected chi connectivity index (χ4v) is 4.24. The number of aromatic nitrogens is 2. The summed E-state index contributed by atoms with van der Waals surface area (Å²) in [7, 11) is 0. The van der Waals surface area contributed by atoms with Crippen LogP contribution in [-0.4, -0.2) is 64.6 Å². The molecule has 1 fully saturated rings. The minimum absolute atomic E-state index is 0.000279. The van der Waals surface area contributed by atoms with Gasteiger partial charge in [-0.05, 0) is 19.1 Å². The lowest BCUT2D eigenvalue weighted by atomic mass is 10.0. The summed E-state index contributed by atoms with van der Waals surface area (Å²) in [6.45, 7) is 3.23. The van der Waals surface area contributed by atoms with E-state index in [0.29, 0.717) is 36.5 Å². The van der Waals surface area contributed by atoms with E-state index >= 15 is 0 Å². The van der Waals surface area contributed by atoms with Gasteiger partial charge < -0.3 is 20.1 Å². The fourth-order valence-electron chi connectivity index (χ4n) is 3.62. The van der Waals surface area contributed by atoms with Gasteiger partial charge in [0, 0.05) is 23.9 Å². The number of aliphatic hydroxyl groups is 1. The van der Waals surface area contributed by atoms with Crippen LogP contribution in [-0.2, 0) is 16.0 Å². The Labute approximate surface area is 183 Å². The van der Waals surface area contributed by atoms with Crippen molar-refractivity contribution in [1.29, 1.82) is 0 Å². The van der Waals surface area contributed by atoms with E-state index in [4.69, 9.17) is 14.8 Å². The van der Waals surface area contributed by atoms with Crippen molar-refractivity contribution in [3.63, 3.8) is 0 Å². The molecule has 0 radical (unpaired) electrons. The van der Waals surface area contributed by atoms with E-state index in [2.05, 4.69) is 10.3 Å². The van der Waals surface area contributed by atoms with E-state index in [1.807, 2.05) is 36.6 Å². The maximum absolute atomic E-state index is 12.8. The molecule has 1 saturated heterocycles. The lowest BCUT2D eigenvalue weighted by molar-refractivity contribution is -0.138. The second-order valence-electron chi connectivity index (χ2n) is 7.33. The molecule has 8 nitrogen and oxygen atoms in total. The van der Waals surface area contributed by atoms with Gasteiger partial charge in [0.2, 0.25) is 5.91 Å². The van der Waals surface area contributed by atoms with Crippen LogP contribution in [0.3, 0.4) is 0 Å². The molecule has 0 saturated carbocycles. The number of aryl methyl sites for hydroxylation is 1. The van der Waals surface area contributed by atoms with Gasteiger partial charge in [-0.15, -0.1) is 11.3 Å². The molecule has 1 atom stereocenters. The number of para-hydroxylation sites is 1. The third-order valence-electron chi connectivity index (χ3n) is 5.13. The lowest BCUT2D eigenvalue weighted by Gasteiger charge is -2.33. The maximum Gasteiger partial charge on any atom is 0.252 e.